The van der Waals surface area contributed by atoms with Gasteiger partial charge in [-0.25, -0.2) is 0 Å². The lowest BCUT2D eigenvalue weighted by atomic mass is 9.86. The van der Waals surface area contributed by atoms with Crippen molar-refractivity contribution >= 4 is 5.91 Å². The zero-order valence-electron chi connectivity index (χ0n) is 12.9. The largest absolute Gasteiger partial charge is 0.316 e. The van der Waals surface area contributed by atoms with Crippen LogP contribution in [0, 0.1) is 5.41 Å². The number of carbonyl (C=O) groups is 1. The maximum absolute atomic E-state index is 11.6. The van der Waals surface area contributed by atoms with Gasteiger partial charge < -0.3 is 4.90 Å². The lowest BCUT2D eigenvalue weighted by Crippen LogP contribution is -2.40. The third-order valence-electron chi connectivity index (χ3n) is 3.20. The molecule has 18 heavy (non-hydrogen) atoms. The molecule has 0 radical (unpaired) electrons. The van der Waals surface area contributed by atoms with Crippen LogP contribution >= 0.6 is 0 Å². The number of allylic oxidation sites excluding steroid dienone is 2. The molecule has 0 heterocycles. The van der Waals surface area contributed by atoms with Gasteiger partial charge in [-0.1, -0.05) is 47.3 Å². The molecular formula is C16H29NO. The quantitative estimate of drug-likeness (QED) is 0.675. The highest BCUT2D eigenvalue weighted by molar-refractivity contribution is 5.75. The van der Waals surface area contributed by atoms with E-state index >= 15 is 0 Å². The second-order valence-electron chi connectivity index (χ2n) is 5.55. The highest BCUT2D eigenvalue weighted by Crippen LogP contribution is 2.30. The molecule has 1 aliphatic carbocycles. The van der Waals surface area contributed by atoms with Crippen LogP contribution in [0.1, 0.15) is 60.8 Å². The van der Waals surface area contributed by atoms with E-state index in [0.717, 1.165) is 18.4 Å². The molecule has 0 aliphatic heterocycles. The normalized spacial score (nSPS) is 16.2. The topological polar surface area (TPSA) is 20.3 Å². The summed E-state index contributed by atoms with van der Waals surface area (Å²) in [6, 6.07) is 0.412. The van der Waals surface area contributed by atoms with E-state index in [1.807, 2.05) is 31.0 Å². The molecule has 0 aromatic heterocycles. The fourth-order valence-corrected chi connectivity index (χ4v) is 1.82. The Kier molecular flexibility index (Phi) is 6.97. The summed E-state index contributed by atoms with van der Waals surface area (Å²) < 4.78 is 0. The first-order valence-electron chi connectivity index (χ1n) is 7.00. The molecule has 2 heteroatoms. The van der Waals surface area contributed by atoms with Crippen molar-refractivity contribution in [3.8, 4) is 0 Å². The minimum atomic E-state index is 0.0409. The van der Waals surface area contributed by atoms with Gasteiger partial charge in [-0.15, -0.1) is 0 Å². The second kappa shape index (κ2) is 7.40. The van der Waals surface area contributed by atoms with E-state index in [9.17, 15) is 4.79 Å². The molecule has 1 saturated carbocycles. The SMILES string of the molecule is C=C/C(=C\N(C(C)=O)C1CCC1)C(C)(C)C.CC. The van der Waals surface area contributed by atoms with Crippen LogP contribution < -0.4 is 0 Å². The number of carbonyl (C=O) groups excluding carboxylic acids is 1. The number of amides is 1. The van der Waals surface area contributed by atoms with Crippen LogP contribution in [0.5, 0.6) is 0 Å². The molecule has 0 unspecified atom stereocenters. The van der Waals surface area contributed by atoms with Gasteiger partial charge in [0, 0.05) is 19.2 Å². The fraction of sp³-hybridized carbons (Fsp3) is 0.688. The van der Waals surface area contributed by atoms with Gasteiger partial charge in [0.05, 0.1) is 0 Å². The molecule has 0 aromatic rings. The van der Waals surface area contributed by atoms with E-state index in [0.29, 0.717) is 6.04 Å². The smallest absolute Gasteiger partial charge is 0.223 e. The minimum absolute atomic E-state index is 0.0409. The molecule has 0 spiro atoms. The van der Waals surface area contributed by atoms with E-state index in [1.54, 1.807) is 6.92 Å². The molecule has 0 saturated heterocycles. The van der Waals surface area contributed by atoms with Crippen LogP contribution in [0.25, 0.3) is 0 Å². The first-order chi connectivity index (χ1) is 8.36. The van der Waals surface area contributed by atoms with Crippen molar-refractivity contribution in [2.45, 2.75) is 66.8 Å². The maximum atomic E-state index is 11.6. The van der Waals surface area contributed by atoms with Crippen LogP contribution in [0.3, 0.4) is 0 Å². The Labute approximate surface area is 113 Å². The first kappa shape index (κ1) is 16.9. The predicted octanol–water partition coefficient (Wildman–Crippen LogP) is 4.53. The number of rotatable bonds is 3. The van der Waals surface area contributed by atoms with Gasteiger partial charge in [-0.05, 0) is 30.3 Å². The Morgan fingerprint density at radius 2 is 1.78 bits per heavy atom. The molecule has 2 nitrogen and oxygen atoms in total. The van der Waals surface area contributed by atoms with Gasteiger partial charge in [0.25, 0.3) is 0 Å². The van der Waals surface area contributed by atoms with Gasteiger partial charge >= 0.3 is 0 Å². The van der Waals surface area contributed by atoms with Gasteiger partial charge in [0.2, 0.25) is 5.91 Å². The summed E-state index contributed by atoms with van der Waals surface area (Å²) >= 11 is 0. The lowest BCUT2D eigenvalue weighted by Gasteiger charge is -2.36. The fourth-order valence-electron chi connectivity index (χ4n) is 1.82. The van der Waals surface area contributed by atoms with Crippen molar-refractivity contribution in [3.63, 3.8) is 0 Å². The van der Waals surface area contributed by atoms with Crippen molar-refractivity contribution in [2.24, 2.45) is 5.41 Å². The van der Waals surface area contributed by atoms with E-state index < -0.39 is 0 Å². The van der Waals surface area contributed by atoms with Gasteiger partial charge in [-0.2, -0.15) is 0 Å². The molecule has 1 amide bonds. The summed E-state index contributed by atoms with van der Waals surface area (Å²) in [5, 5.41) is 0. The highest BCUT2D eigenvalue weighted by Gasteiger charge is 2.27. The predicted molar refractivity (Wildman–Crippen MR) is 79.2 cm³/mol. The van der Waals surface area contributed by atoms with E-state index in [-0.39, 0.29) is 11.3 Å². The van der Waals surface area contributed by atoms with Gasteiger partial charge in [-0.3, -0.25) is 4.79 Å². The third-order valence-corrected chi connectivity index (χ3v) is 3.20. The summed E-state index contributed by atoms with van der Waals surface area (Å²) in [5.41, 5.74) is 1.16. The molecule has 0 atom stereocenters. The van der Waals surface area contributed by atoms with E-state index in [4.69, 9.17) is 0 Å². The Morgan fingerprint density at radius 3 is 2.00 bits per heavy atom. The second-order valence-corrected chi connectivity index (χ2v) is 5.55. The number of hydrogen-bond acceptors (Lipinski definition) is 1. The third kappa shape index (κ3) is 4.67. The van der Waals surface area contributed by atoms with Crippen molar-refractivity contribution in [3.05, 3.63) is 24.4 Å². The number of nitrogens with zero attached hydrogens (tertiary/aromatic N) is 1. The van der Waals surface area contributed by atoms with Crippen LogP contribution in [-0.2, 0) is 4.79 Å². The molecule has 1 rings (SSSR count). The first-order valence-corrected chi connectivity index (χ1v) is 7.00. The van der Waals surface area contributed by atoms with E-state index in [2.05, 4.69) is 27.4 Å². The molecule has 0 bridgehead atoms. The Morgan fingerprint density at radius 1 is 1.28 bits per heavy atom. The van der Waals surface area contributed by atoms with Gasteiger partial charge in [0.15, 0.2) is 0 Å². The van der Waals surface area contributed by atoms with Crippen molar-refractivity contribution < 1.29 is 4.79 Å². The average molecular weight is 251 g/mol. The summed E-state index contributed by atoms with van der Waals surface area (Å²) in [4.78, 5) is 13.5. The molecule has 0 N–H and O–H groups in total. The monoisotopic (exact) mass is 251 g/mol. The highest BCUT2D eigenvalue weighted by atomic mass is 16.2. The van der Waals surface area contributed by atoms with Crippen LogP contribution in [0.4, 0.5) is 0 Å². The Balaban J connectivity index is 0.00000137. The zero-order chi connectivity index (χ0) is 14.3. The Hall–Kier alpha value is -1.05. The lowest BCUT2D eigenvalue weighted by molar-refractivity contribution is -0.129. The summed E-state index contributed by atoms with van der Waals surface area (Å²) in [7, 11) is 0. The minimum Gasteiger partial charge on any atom is -0.316 e. The summed E-state index contributed by atoms with van der Waals surface area (Å²) in [6.45, 7) is 15.9. The molecule has 104 valence electrons. The van der Waals surface area contributed by atoms with Crippen LogP contribution in [0.2, 0.25) is 0 Å². The zero-order valence-corrected chi connectivity index (χ0v) is 12.9. The number of hydrogen-bond donors (Lipinski definition) is 0. The summed E-state index contributed by atoms with van der Waals surface area (Å²) in [6.07, 6.45) is 7.34. The van der Waals surface area contributed by atoms with E-state index in [1.165, 1.54) is 6.42 Å². The van der Waals surface area contributed by atoms with Crippen molar-refractivity contribution in [1.82, 2.24) is 4.90 Å². The average Bonchev–Trinajstić information content (AvgIpc) is 2.21. The standard InChI is InChI=1S/C14H23NO.C2H6/c1-6-12(14(3,4)5)10-15(11(2)16)13-8-7-9-13;1-2/h6,10,13H,1,7-9H2,2-5H3;1-2H3/b12-10+;. The van der Waals surface area contributed by atoms with Gasteiger partial charge in [0.1, 0.15) is 0 Å². The van der Waals surface area contributed by atoms with Crippen molar-refractivity contribution in [1.29, 1.82) is 0 Å². The maximum Gasteiger partial charge on any atom is 0.223 e. The molecule has 1 aliphatic rings. The van der Waals surface area contributed by atoms with Crippen LogP contribution in [0.15, 0.2) is 24.4 Å². The molecule has 0 aromatic carbocycles. The van der Waals surface area contributed by atoms with Crippen LogP contribution in [-0.4, -0.2) is 16.8 Å². The Bertz CT molecular complexity index is 306. The molecule has 1 fully saturated rings. The summed E-state index contributed by atoms with van der Waals surface area (Å²) in [5.74, 6) is 0.133. The molecular weight excluding hydrogens is 222 g/mol. The van der Waals surface area contributed by atoms with Crippen molar-refractivity contribution in [2.75, 3.05) is 0 Å².